The van der Waals surface area contributed by atoms with Crippen molar-refractivity contribution in [2.24, 2.45) is 0 Å². The first kappa shape index (κ1) is 15.4. The van der Waals surface area contributed by atoms with Gasteiger partial charge in [0.2, 0.25) is 0 Å². The van der Waals surface area contributed by atoms with Crippen LogP contribution < -0.4 is 16.4 Å². The quantitative estimate of drug-likeness (QED) is 0.583. The van der Waals surface area contributed by atoms with E-state index in [4.69, 9.17) is 10.5 Å². The number of carbonyl (C=O) groups is 1. The lowest BCUT2D eigenvalue weighted by molar-refractivity contribution is 0.0601. The molecule has 22 heavy (non-hydrogen) atoms. The first-order valence-corrected chi connectivity index (χ1v) is 6.77. The molecule has 114 valence electrons. The summed E-state index contributed by atoms with van der Waals surface area (Å²) < 4.78 is 4.70. The maximum absolute atomic E-state index is 11.5. The highest BCUT2D eigenvalue weighted by molar-refractivity contribution is 5.90. The second-order valence-electron chi connectivity index (χ2n) is 4.87. The highest BCUT2D eigenvalue weighted by Gasteiger charge is 2.06. The van der Waals surface area contributed by atoms with Crippen molar-refractivity contribution < 1.29 is 9.53 Å². The van der Waals surface area contributed by atoms with Crippen LogP contribution in [0.15, 0.2) is 54.9 Å². The monoisotopic (exact) mass is 297 g/mol. The van der Waals surface area contributed by atoms with Gasteiger partial charge < -0.3 is 21.1 Å². The molecular formula is C17H19N3O2. The van der Waals surface area contributed by atoms with Gasteiger partial charge in [-0.1, -0.05) is 12.6 Å². The Bertz CT molecular complexity index is 711. The van der Waals surface area contributed by atoms with Gasteiger partial charge in [-0.05, 0) is 48.9 Å². The number of methoxy groups -OCH3 is 1. The summed E-state index contributed by atoms with van der Waals surface area (Å²) in [5.41, 5.74) is 9.63. The molecule has 0 atom stereocenters. The van der Waals surface area contributed by atoms with Crippen LogP contribution in [0.3, 0.4) is 0 Å². The van der Waals surface area contributed by atoms with E-state index >= 15 is 0 Å². The van der Waals surface area contributed by atoms with Gasteiger partial charge in [0.05, 0.1) is 12.7 Å². The molecule has 4 N–H and O–H groups in total. The molecule has 2 rings (SSSR count). The van der Waals surface area contributed by atoms with Crippen molar-refractivity contribution in [1.29, 1.82) is 0 Å². The predicted molar refractivity (Wildman–Crippen MR) is 89.8 cm³/mol. The first-order valence-electron chi connectivity index (χ1n) is 6.77. The largest absolute Gasteiger partial charge is 0.465 e. The third-order valence-electron chi connectivity index (χ3n) is 3.14. The predicted octanol–water partition coefficient (Wildman–Crippen LogP) is 3.36. The summed E-state index contributed by atoms with van der Waals surface area (Å²) in [5.74, 6) is 0.211. The minimum Gasteiger partial charge on any atom is -0.465 e. The molecule has 0 heterocycles. The Labute approximate surface area is 129 Å². The highest BCUT2D eigenvalue weighted by atomic mass is 16.5. The third-order valence-corrected chi connectivity index (χ3v) is 3.14. The Kier molecular flexibility index (Phi) is 4.68. The van der Waals surface area contributed by atoms with Crippen LogP contribution >= 0.6 is 0 Å². The molecule has 0 fully saturated rings. The lowest BCUT2D eigenvalue weighted by atomic mass is 10.2. The van der Waals surface area contributed by atoms with E-state index in [1.807, 2.05) is 31.2 Å². The van der Waals surface area contributed by atoms with Gasteiger partial charge in [-0.3, -0.25) is 0 Å². The number of ether oxygens (including phenoxy) is 1. The number of hydrogen-bond acceptors (Lipinski definition) is 5. The van der Waals surface area contributed by atoms with Crippen molar-refractivity contribution in [2.45, 2.75) is 6.92 Å². The topological polar surface area (TPSA) is 76.4 Å². The summed E-state index contributed by atoms with van der Waals surface area (Å²) in [6.45, 7) is 5.86. The average Bonchev–Trinajstić information content (AvgIpc) is 2.50. The second kappa shape index (κ2) is 6.67. The zero-order valence-corrected chi connectivity index (χ0v) is 12.6. The summed E-state index contributed by atoms with van der Waals surface area (Å²) >= 11 is 0. The van der Waals surface area contributed by atoms with Crippen molar-refractivity contribution in [3.8, 4) is 0 Å². The number of esters is 1. The second-order valence-corrected chi connectivity index (χ2v) is 4.87. The molecule has 2 aromatic rings. The molecule has 0 saturated carbocycles. The molecule has 0 aliphatic heterocycles. The van der Waals surface area contributed by atoms with Crippen LogP contribution in [0.5, 0.6) is 0 Å². The molecule has 0 aromatic heterocycles. The summed E-state index contributed by atoms with van der Waals surface area (Å²) in [5, 5.41) is 6.24. The van der Waals surface area contributed by atoms with E-state index in [2.05, 4.69) is 17.2 Å². The number of carbonyl (C=O) groups excluding carboxylic acids is 1. The number of anilines is 3. The van der Waals surface area contributed by atoms with Crippen LogP contribution in [0.2, 0.25) is 0 Å². The van der Waals surface area contributed by atoms with Gasteiger partial charge >= 0.3 is 5.97 Å². The van der Waals surface area contributed by atoms with Gasteiger partial charge in [-0.2, -0.15) is 0 Å². The van der Waals surface area contributed by atoms with Crippen LogP contribution in [0.1, 0.15) is 15.9 Å². The first-order chi connectivity index (χ1) is 10.5. The van der Waals surface area contributed by atoms with Crippen molar-refractivity contribution in [3.05, 3.63) is 66.0 Å². The fraction of sp³-hybridized carbons (Fsp3) is 0.118. The Morgan fingerprint density at radius 3 is 2.45 bits per heavy atom. The average molecular weight is 297 g/mol. The highest BCUT2D eigenvalue weighted by Crippen LogP contribution is 2.19. The smallest absolute Gasteiger partial charge is 0.337 e. The van der Waals surface area contributed by atoms with Crippen LogP contribution in [-0.2, 0) is 4.74 Å². The van der Waals surface area contributed by atoms with E-state index in [0.29, 0.717) is 11.4 Å². The van der Waals surface area contributed by atoms with Crippen LogP contribution in [0, 0.1) is 6.92 Å². The molecule has 2 aromatic carbocycles. The Morgan fingerprint density at radius 2 is 1.82 bits per heavy atom. The summed E-state index contributed by atoms with van der Waals surface area (Å²) in [7, 11) is 1.35. The normalized spacial score (nSPS) is 9.91. The number of hydrogen-bond donors (Lipinski definition) is 3. The third kappa shape index (κ3) is 3.79. The molecule has 0 bridgehead atoms. The molecule has 5 heteroatoms. The summed E-state index contributed by atoms with van der Waals surface area (Å²) in [4.78, 5) is 11.5. The zero-order chi connectivity index (χ0) is 16.1. The van der Waals surface area contributed by atoms with Crippen molar-refractivity contribution >= 4 is 23.0 Å². The SMILES string of the molecule is C=C(Nc1cccc(C(=O)OC)c1)Nc1ccc(N)c(C)c1. The van der Waals surface area contributed by atoms with E-state index in [0.717, 1.165) is 22.6 Å². The van der Waals surface area contributed by atoms with Crippen molar-refractivity contribution in [2.75, 3.05) is 23.5 Å². The Balaban J connectivity index is 2.05. The van der Waals surface area contributed by atoms with Gasteiger partial charge in [-0.15, -0.1) is 0 Å². The Hall–Kier alpha value is -2.95. The van der Waals surface area contributed by atoms with Crippen molar-refractivity contribution in [1.82, 2.24) is 0 Å². The number of benzene rings is 2. The molecule has 0 aliphatic carbocycles. The van der Waals surface area contributed by atoms with E-state index in [9.17, 15) is 4.79 Å². The van der Waals surface area contributed by atoms with Crippen molar-refractivity contribution in [3.63, 3.8) is 0 Å². The fourth-order valence-electron chi connectivity index (χ4n) is 1.97. The minimum absolute atomic E-state index is 0.378. The fourth-order valence-corrected chi connectivity index (χ4v) is 1.97. The molecule has 0 amide bonds. The Morgan fingerprint density at radius 1 is 1.14 bits per heavy atom. The lowest BCUT2D eigenvalue weighted by Crippen LogP contribution is -2.09. The molecule has 0 radical (unpaired) electrons. The number of nitrogens with one attached hydrogen (secondary N) is 2. The standard InChI is InChI=1S/C17H19N3O2/c1-11-9-15(7-8-16(11)18)20-12(2)19-14-6-4-5-13(10-14)17(21)22-3/h4-10,19-20H,2,18H2,1,3H3. The van der Waals surface area contributed by atoms with Crippen LogP contribution in [0.25, 0.3) is 0 Å². The molecule has 0 spiro atoms. The number of nitrogens with two attached hydrogens (primary N) is 1. The van der Waals surface area contributed by atoms with Gasteiger partial charge in [0, 0.05) is 17.1 Å². The van der Waals surface area contributed by atoms with Gasteiger partial charge in [-0.25, -0.2) is 4.79 Å². The van der Waals surface area contributed by atoms with Gasteiger partial charge in [0.1, 0.15) is 5.82 Å². The van der Waals surface area contributed by atoms with E-state index in [1.54, 1.807) is 18.2 Å². The summed E-state index contributed by atoms with van der Waals surface area (Å²) in [6, 6.07) is 12.7. The van der Waals surface area contributed by atoms with Gasteiger partial charge in [0.15, 0.2) is 0 Å². The molecule has 5 nitrogen and oxygen atoms in total. The van der Waals surface area contributed by atoms with Crippen LogP contribution in [0.4, 0.5) is 17.1 Å². The molecular weight excluding hydrogens is 278 g/mol. The molecule has 0 saturated heterocycles. The van der Waals surface area contributed by atoms with Crippen LogP contribution in [-0.4, -0.2) is 13.1 Å². The van der Waals surface area contributed by atoms with E-state index in [1.165, 1.54) is 7.11 Å². The minimum atomic E-state index is -0.378. The molecule has 0 unspecified atom stereocenters. The maximum atomic E-state index is 11.5. The number of nitrogen functional groups attached to an aromatic ring is 1. The number of aryl methyl sites for hydroxylation is 1. The van der Waals surface area contributed by atoms with E-state index in [-0.39, 0.29) is 5.97 Å². The maximum Gasteiger partial charge on any atom is 0.337 e. The lowest BCUT2D eigenvalue weighted by Gasteiger charge is -2.14. The molecule has 0 aliphatic rings. The zero-order valence-electron chi connectivity index (χ0n) is 12.6. The summed E-state index contributed by atoms with van der Waals surface area (Å²) in [6.07, 6.45) is 0. The van der Waals surface area contributed by atoms with E-state index < -0.39 is 0 Å². The van der Waals surface area contributed by atoms with Gasteiger partial charge in [0.25, 0.3) is 0 Å². The number of rotatable bonds is 5.